The van der Waals surface area contributed by atoms with Crippen molar-refractivity contribution in [3.05, 3.63) is 23.9 Å². The fourth-order valence-corrected chi connectivity index (χ4v) is 2.94. The van der Waals surface area contributed by atoms with E-state index >= 15 is 0 Å². The summed E-state index contributed by atoms with van der Waals surface area (Å²) in [6, 6.07) is 3.10. The van der Waals surface area contributed by atoms with Crippen LogP contribution < -0.4 is 10.1 Å². The summed E-state index contributed by atoms with van der Waals surface area (Å²) in [4.78, 5) is 28.2. The molecule has 126 valence electrons. The molecule has 1 aromatic heterocycles. The molecule has 1 aliphatic carbocycles. The van der Waals surface area contributed by atoms with Gasteiger partial charge in [-0.05, 0) is 13.0 Å². The Morgan fingerprint density at radius 2 is 2.13 bits per heavy atom. The molecule has 1 fully saturated rings. The molecule has 1 heterocycles. The zero-order chi connectivity index (χ0) is 17.3. The average Bonchev–Trinajstić information content (AvgIpc) is 2.53. The second-order valence-corrected chi connectivity index (χ2v) is 6.12. The van der Waals surface area contributed by atoms with E-state index in [0.29, 0.717) is 12.5 Å². The standard InChI is InChI=1S/C16H22N2O5/c1-5-23-11-8-16(14(20)21,15(11,2)3)18-13(19)10-6-7-12(22-4)17-9-10/h6-7,9,11H,5,8H2,1-4H3,(H,18,19)(H,20,21)/t11-,16+/m0/s1. The monoisotopic (exact) mass is 322 g/mol. The number of nitrogens with one attached hydrogen (secondary N) is 1. The molecule has 1 saturated carbocycles. The van der Waals surface area contributed by atoms with Crippen molar-refractivity contribution in [2.45, 2.75) is 38.8 Å². The van der Waals surface area contributed by atoms with Crippen LogP contribution in [0, 0.1) is 5.41 Å². The molecule has 0 saturated heterocycles. The summed E-state index contributed by atoms with van der Waals surface area (Å²) >= 11 is 0. The van der Waals surface area contributed by atoms with Crippen molar-refractivity contribution in [2.75, 3.05) is 13.7 Å². The number of ether oxygens (including phenoxy) is 2. The Labute approximate surface area is 135 Å². The van der Waals surface area contributed by atoms with Gasteiger partial charge in [0.2, 0.25) is 5.88 Å². The van der Waals surface area contributed by atoms with Gasteiger partial charge in [0.15, 0.2) is 0 Å². The molecular weight excluding hydrogens is 300 g/mol. The van der Waals surface area contributed by atoms with Crippen LogP contribution in [0.25, 0.3) is 0 Å². The highest BCUT2D eigenvalue weighted by atomic mass is 16.5. The quantitative estimate of drug-likeness (QED) is 0.823. The van der Waals surface area contributed by atoms with E-state index in [0.717, 1.165) is 0 Å². The van der Waals surface area contributed by atoms with Crippen molar-refractivity contribution in [1.29, 1.82) is 0 Å². The summed E-state index contributed by atoms with van der Waals surface area (Å²) < 4.78 is 10.5. The second-order valence-electron chi connectivity index (χ2n) is 6.12. The fraction of sp³-hybridized carbons (Fsp3) is 0.562. The van der Waals surface area contributed by atoms with Gasteiger partial charge in [0, 0.05) is 30.7 Å². The minimum absolute atomic E-state index is 0.210. The molecule has 0 aromatic carbocycles. The molecule has 2 atom stereocenters. The van der Waals surface area contributed by atoms with Crippen LogP contribution in [0.4, 0.5) is 0 Å². The normalized spacial score (nSPS) is 25.3. The number of aliphatic carboxylic acids is 1. The minimum Gasteiger partial charge on any atom is -0.481 e. The topological polar surface area (TPSA) is 97.8 Å². The fourth-order valence-electron chi connectivity index (χ4n) is 2.94. The van der Waals surface area contributed by atoms with Crippen molar-refractivity contribution in [3.8, 4) is 5.88 Å². The largest absolute Gasteiger partial charge is 0.481 e. The van der Waals surface area contributed by atoms with Crippen molar-refractivity contribution in [2.24, 2.45) is 5.41 Å². The molecule has 2 N–H and O–H groups in total. The van der Waals surface area contributed by atoms with E-state index in [1.165, 1.54) is 13.3 Å². The smallest absolute Gasteiger partial charge is 0.330 e. The Kier molecular flexibility index (Phi) is 4.61. The lowest BCUT2D eigenvalue weighted by Gasteiger charge is -2.58. The molecule has 0 spiro atoms. The van der Waals surface area contributed by atoms with Crippen LogP contribution in [0.5, 0.6) is 5.88 Å². The second kappa shape index (κ2) is 6.16. The van der Waals surface area contributed by atoms with Crippen LogP contribution in [0.3, 0.4) is 0 Å². The molecule has 0 radical (unpaired) electrons. The predicted octanol–water partition coefficient (Wildman–Crippen LogP) is 1.48. The molecule has 1 aromatic rings. The van der Waals surface area contributed by atoms with E-state index in [-0.39, 0.29) is 18.1 Å². The summed E-state index contributed by atoms with van der Waals surface area (Å²) in [5.41, 5.74) is -1.80. The van der Waals surface area contributed by atoms with Crippen molar-refractivity contribution in [1.82, 2.24) is 10.3 Å². The summed E-state index contributed by atoms with van der Waals surface area (Å²) in [5, 5.41) is 12.3. The predicted molar refractivity (Wildman–Crippen MR) is 82.4 cm³/mol. The number of hydrogen-bond acceptors (Lipinski definition) is 5. The maximum atomic E-state index is 12.4. The lowest BCUT2D eigenvalue weighted by atomic mass is 9.54. The summed E-state index contributed by atoms with van der Waals surface area (Å²) in [5.74, 6) is -1.16. The zero-order valence-electron chi connectivity index (χ0n) is 13.8. The number of nitrogens with zero attached hydrogens (tertiary/aromatic N) is 1. The van der Waals surface area contributed by atoms with Crippen LogP contribution in [-0.4, -0.2) is 47.3 Å². The maximum Gasteiger partial charge on any atom is 0.330 e. The number of pyridine rings is 1. The lowest BCUT2D eigenvalue weighted by Crippen LogP contribution is -2.76. The summed E-state index contributed by atoms with van der Waals surface area (Å²) in [6.07, 6.45) is 1.38. The van der Waals surface area contributed by atoms with Gasteiger partial charge in [-0.15, -0.1) is 0 Å². The van der Waals surface area contributed by atoms with Crippen molar-refractivity contribution < 1.29 is 24.2 Å². The van der Waals surface area contributed by atoms with E-state index in [4.69, 9.17) is 9.47 Å². The van der Waals surface area contributed by atoms with Gasteiger partial charge in [-0.25, -0.2) is 9.78 Å². The van der Waals surface area contributed by atoms with Gasteiger partial charge in [0.25, 0.3) is 5.91 Å². The first-order valence-electron chi connectivity index (χ1n) is 7.46. The number of methoxy groups -OCH3 is 1. The number of carbonyl (C=O) groups excluding carboxylic acids is 1. The van der Waals surface area contributed by atoms with Crippen LogP contribution in [-0.2, 0) is 9.53 Å². The Hall–Kier alpha value is -2.15. The number of carboxylic acid groups (broad SMARTS) is 1. The number of hydrogen-bond donors (Lipinski definition) is 2. The number of aromatic nitrogens is 1. The van der Waals surface area contributed by atoms with Crippen LogP contribution in [0.2, 0.25) is 0 Å². The van der Waals surface area contributed by atoms with Crippen LogP contribution in [0.15, 0.2) is 18.3 Å². The molecule has 7 nitrogen and oxygen atoms in total. The zero-order valence-corrected chi connectivity index (χ0v) is 13.8. The number of rotatable bonds is 6. The van der Waals surface area contributed by atoms with E-state index in [9.17, 15) is 14.7 Å². The number of carboxylic acids is 1. The van der Waals surface area contributed by atoms with Crippen molar-refractivity contribution in [3.63, 3.8) is 0 Å². The molecule has 1 amide bonds. The molecule has 0 bridgehead atoms. The van der Waals surface area contributed by atoms with Crippen molar-refractivity contribution >= 4 is 11.9 Å². The lowest BCUT2D eigenvalue weighted by molar-refractivity contribution is -0.190. The van der Waals surface area contributed by atoms with Gasteiger partial charge >= 0.3 is 5.97 Å². The first-order chi connectivity index (χ1) is 10.8. The van der Waals surface area contributed by atoms with Gasteiger partial charge in [0.05, 0.1) is 18.8 Å². The van der Waals surface area contributed by atoms with Crippen LogP contribution in [0.1, 0.15) is 37.6 Å². The molecule has 1 aliphatic rings. The molecule has 23 heavy (non-hydrogen) atoms. The summed E-state index contributed by atoms with van der Waals surface area (Å²) in [7, 11) is 1.48. The van der Waals surface area contributed by atoms with Gasteiger partial charge < -0.3 is 19.9 Å². The molecule has 0 aliphatic heterocycles. The first-order valence-corrected chi connectivity index (χ1v) is 7.46. The van der Waals surface area contributed by atoms with Crippen LogP contribution >= 0.6 is 0 Å². The highest BCUT2D eigenvalue weighted by Gasteiger charge is 2.66. The summed E-state index contributed by atoms with van der Waals surface area (Å²) in [6.45, 7) is 5.94. The Bertz CT molecular complexity index is 599. The number of amides is 1. The van der Waals surface area contributed by atoms with E-state index in [1.54, 1.807) is 26.0 Å². The molecule has 0 unspecified atom stereocenters. The Morgan fingerprint density at radius 1 is 1.43 bits per heavy atom. The maximum absolute atomic E-state index is 12.4. The van der Waals surface area contributed by atoms with E-state index in [2.05, 4.69) is 10.3 Å². The molecule has 2 rings (SSSR count). The molecular formula is C16H22N2O5. The highest BCUT2D eigenvalue weighted by molar-refractivity contribution is 5.98. The van der Waals surface area contributed by atoms with E-state index in [1.807, 2.05) is 6.92 Å². The van der Waals surface area contributed by atoms with Gasteiger partial charge in [-0.1, -0.05) is 13.8 Å². The van der Waals surface area contributed by atoms with Gasteiger partial charge in [-0.3, -0.25) is 4.79 Å². The minimum atomic E-state index is -1.36. The molecule has 7 heteroatoms. The Balaban J connectivity index is 2.20. The third kappa shape index (κ3) is 2.76. The number of carbonyl (C=O) groups is 2. The van der Waals surface area contributed by atoms with Gasteiger partial charge in [0.1, 0.15) is 5.54 Å². The third-order valence-electron chi connectivity index (χ3n) is 4.66. The SMILES string of the molecule is CCO[C@H]1C[C@@](NC(=O)c2ccc(OC)nc2)(C(=O)O)C1(C)C. The highest BCUT2D eigenvalue weighted by Crippen LogP contribution is 2.51. The Morgan fingerprint density at radius 3 is 2.57 bits per heavy atom. The van der Waals surface area contributed by atoms with Gasteiger partial charge in [-0.2, -0.15) is 0 Å². The van der Waals surface area contributed by atoms with E-state index < -0.39 is 22.8 Å². The first kappa shape index (κ1) is 17.2. The average molecular weight is 322 g/mol. The third-order valence-corrected chi connectivity index (χ3v) is 4.66.